The minimum atomic E-state index is 0.272. The van der Waals surface area contributed by atoms with Crippen LogP contribution in [0.2, 0.25) is 0 Å². The molecule has 19 heavy (non-hydrogen) atoms. The van der Waals surface area contributed by atoms with Gasteiger partial charge < -0.3 is 10.1 Å². The summed E-state index contributed by atoms with van der Waals surface area (Å²) >= 11 is 2.10. The van der Waals surface area contributed by atoms with Gasteiger partial charge in [0.15, 0.2) is 0 Å². The Balaban J connectivity index is 1.71. The molecule has 0 aromatic heterocycles. The molecule has 0 amide bonds. The summed E-state index contributed by atoms with van der Waals surface area (Å²) in [6.07, 6.45) is 9.15. The highest BCUT2D eigenvalue weighted by Gasteiger charge is 2.38. The number of thioether (sulfide) groups is 1. The normalized spacial score (nSPS) is 28.4. The van der Waals surface area contributed by atoms with Gasteiger partial charge in [-0.05, 0) is 75.8 Å². The Kier molecular flexibility index (Phi) is 6.51. The molecule has 0 aromatic rings. The van der Waals surface area contributed by atoms with Crippen molar-refractivity contribution in [3.05, 3.63) is 0 Å². The van der Waals surface area contributed by atoms with Gasteiger partial charge in [-0.1, -0.05) is 6.92 Å². The van der Waals surface area contributed by atoms with Crippen molar-refractivity contribution in [1.29, 1.82) is 0 Å². The van der Waals surface area contributed by atoms with Crippen LogP contribution in [0.4, 0.5) is 0 Å². The molecule has 112 valence electrons. The van der Waals surface area contributed by atoms with Crippen molar-refractivity contribution in [1.82, 2.24) is 5.32 Å². The average Bonchev–Trinajstić information content (AvgIpc) is 2.44. The Morgan fingerprint density at radius 2 is 2.16 bits per heavy atom. The highest BCUT2D eigenvalue weighted by Crippen LogP contribution is 2.41. The molecule has 2 fully saturated rings. The lowest BCUT2D eigenvalue weighted by atomic mass is 9.79. The Morgan fingerprint density at radius 1 is 1.37 bits per heavy atom. The number of hydrogen-bond donors (Lipinski definition) is 1. The summed E-state index contributed by atoms with van der Waals surface area (Å²) in [6, 6.07) is 0.681. The zero-order chi connectivity index (χ0) is 13.6. The van der Waals surface area contributed by atoms with E-state index in [9.17, 15) is 0 Å². The molecule has 0 radical (unpaired) electrons. The minimum Gasteiger partial charge on any atom is -0.375 e. The van der Waals surface area contributed by atoms with Crippen LogP contribution in [0.5, 0.6) is 0 Å². The molecule has 0 saturated carbocycles. The van der Waals surface area contributed by atoms with E-state index in [2.05, 4.69) is 30.9 Å². The average molecular weight is 285 g/mol. The maximum absolute atomic E-state index is 6.18. The molecule has 0 aromatic carbocycles. The zero-order valence-electron chi connectivity index (χ0n) is 12.7. The maximum atomic E-state index is 6.18. The van der Waals surface area contributed by atoms with Crippen molar-refractivity contribution in [3.63, 3.8) is 0 Å². The van der Waals surface area contributed by atoms with Crippen LogP contribution in [0.1, 0.15) is 58.8 Å². The van der Waals surface area contributed by atoms with Gasteiger partial charge in [-0.2, -0.15) is 11.8 Å². The minimum absolute atomic E-state index is 0.272. The van der Waals surface area contributed by atoms with Gasteiger partial charge in [0.2, 0.25) is 0 Å². The van der Waals surface area contributed by atoms with Crippen LogP contribution in [-0.4, -0.2) is 36.3 Å². The second-order valence-corrected chi connectivity index (χ2v) is 7.66. The Bertz CT molecular complexity index is 248. The first-order valence-electron chi connectivity index (χ1n) is 8.19. The molecular formula is C16H31NOS. The van der Waals surface area contributed by atoms with Gasteiger partial charge in [0.1, 0.15) is 0 Å². The second kappa shape index (κ2) is 7.90. The van der Waals surface area contributed by atoms with Crippen molar-refractivity contribution >= 4 is 11.8 Å². The standard InChI is InChI=1S/C16H31NOS/c1-3-9-17-14(2)4-5-15-6-10-18-16(13-15)7-11-19-12-8-16/h14-15,17H,3-13H2,1-2H3. The summed E-state index contributed by atoms with van der Waals surface area (Å²) in [5.74, 6) is 3.52. The van der Waals surface area contributed by atoms with Crippen LogP contribution in [-0.2, 0) is 4.74 Å². The van der Waals surface area contributed by atoms with Crippen LogP contribution in [0.15, 0.2) is 0 Å². The first-order chi connectivity index (χ1) is 9.24. The Morgan fingerprint density at radius 3 is 2.89 bits per heavy atom. The highest BCUT2D eigenvalue weighted by atomic mass is 32.2. The van der Waals surface area contributed by atoms with Gasteiger partial charge in [-0.3, -0.25) is 0 Å². The maximum Gasteiger partial charge on any atom is 0.0700 e. The smallest absolute Gasteiger partial charge is 0.0700 e. The number of hydrogen-bond acceptors (Lipinski definition) is 3. The monoisotopic (exact) mass is 285 g/mol. The van der Waals surface area contributed by atoms with E-state index in [0.717, 1.165) is 19.1 Å². The van der Waals surface area contributed by atoms with Gasteiger partial charge in [0.05, 0.1) is 5.60 Å². The van der Waals surface area contributed by atoms with Crippen LogP contribution in [0, 0.1) is 5.92 Å². The fourth-order valence-electron chi connectivity index (χ4n) is 3.45. The van der Waals surface area contributed by atoms with Gasteiger partial charge >= 0.3 is 0 Å². The molecule has 1 N–H and O–H groups in total. The molecule has 2 atom stereocenters. The summed E-state index contributed by atoms with van der Waals surface area (Å²) < 4.78 is 6.18. The molecule has 2 nitrogen and oxygen atoms in total. The molecule has 1 spiro atoms. The van der Waals surface area contributed by atoms with E-state index in [1.807, 2.05) is 0 Å². The van der Waals surface area contributed by atoms with Crippen molar-refractivity contribution in [2.45, 2.75) is 70.4 Å². The third-order valence-corrected chi connectivity index (χ3v) is 5.74. The molecule has 3 heteroatoms. The Labute approximate surface area is 123 Å². The lowest BCUT2D eigenvalue weighted by Crippen LogP contribution is -2.43. The van der Waals surface area contributed by atoms with E-state index in [0.29, 0.717) is 6.04 Å². The summed E-state index contributed by atoms with van der Waals surface area (Å²) in [5.41, 5.74) is 0.272. The molecule has 2 aliphatic heterocycles. The quantitative estimate of drug-likeness (QED) is 0.801. The van der Waals surface area contributed by atoms with Crippen LogP contribution in [0.25, 0.3) is 0 Å². The topological polar surface area (TPSA) is 21.3 Å². The molecule has 2 aliphatic rings. The van der Waals surface area contributed by atoms with Crippen LogP contribution >= 0.6 is 11.8 Å². The molecule has 2 saturated heterocycles. The highest BCUT2D eigenvalue weighted by molar-refractivity contribution is 7.99. The van der Waals surface area contributed by atoms with Gasteiger partial charge in [-0.25, -0.2) is 0 Å². The van der Waals surface area contributed by atoms with Crippen molar-refractivity contribution < 1.29 is 4.74 Å². The predicted molar refractivity (Wildman–Crippen MR) is 85.0 cm³/mol. The van der Waals surface area contributed by atoms with E-state index in [-0.39, 0.29) is 5.60 Å². The fourth-order valence-corrected chi connectivity index (χ4v) is 4.68. The van der Waals surface area contributed by atoms with Crippen LogP contribution in [0.3, 0.4) is 0 Å². The SMILES string of the molecule is CCCNC(C)CCC1CCOC2(CCSCC2)C1. The Hall–Kier alpha value is 0.270. The van der Waals surface area contributed by atoms with E-state index in [4.69, 9.17) is 4.74 Å². The first-order valence-corrected chi connectivity index (χ1v) is 9.35. The predicted octanol–water partition coefficient (Wildman–Crippen LogP) is 3.85. The van der Waals surface area contributed by atoms with Gasteiger partial charge in [-0.15, -0.1) is 0 Å². The van der Waals surface area contributed by atoms with E-state index < -0.39 is 0 Å². The lowest BCUT2D eigenvalue weighted by Gasteiger charge is -2.43. The third-order valence-electron chi connectivity index (χ3n) is 4.75. The molecule has 2 heterocycles. The molecule has 2 unspecified atom stereocenters. The molecular weight excluding hydrogens is 254 g/mol. The summed E-state index contributed by atoms with van der Waals surface area (Å²) in [6.45, 7) is 6.74. The lowest BCUT2D eigenvalue weighted by molar-refractivity contribution is -0.103. The number of nitrogens with one attached hydrogen (secondary N) is 1. The zero-order valence-corrected chi connectivity index (χ0v) is 13.6. The number of rotatable bonds is 6. The van der Waals surface area contributed by atoms with Crippen LogP contribution < -0.4 is 5.32 Å². The van der Waals surface area contributed by atoms with Gasteiger partial charge in [0.25, 0.3) is 0 Å². The van der Waals surface area contributed by atoms with E-state index in [1.165, 1.54) is 56.5 Å². The summed E-state index contributed by atoms with van der Waals surface area (Å²) in [7, 11) is 0. The van der Waals surface area contributed by atoms with Gasteiger partial charge in [0, 0.05) is 12.6 Å². The molecule has 0 aliphatic carbocycles. The van der Waals surface area contributed by atoms with Crippen molar-refractivity contribution in [2.24, 2.45) is 5.92 Å². The fraction of sp³-hybridized carbons (Fsp3) is 1.00. The van der Waals surface area contributed by atoms with Crippen molar-refractivity contribution in [3.8, 4) is 0 Å². The van der Waals surface area contributed by atoms with E-state index in [1.54, 1.807) is 0 Å². The third kappa shape index (κ3) is 4.95. The largest absolute Gasteiger partial charge is 0.375 e. The number of ether oxygens (including phenoxy) is 1. The first kappa shape index (κ1) is 15.7. The molecule has 0 bridgehead atoms. The summed E-state index contributed by atoms with van der Waals surface area (Å²) in [5, 5.41) is 3.61. The summed E-state index contributed by atoms with van der Waals surface area (Å²) in [4.78, 5) is 0. The van der Waals surface area contributed by atoms with Crippen molar-refractivity contribution in [2.75, 3.05) is 24.7 Å². The molecule has 2 rings (SSSR count). The second-order valence-electron chi connectivity index (χ2n) is 6.44. The van der Waals surface area contributed by atoms with E-state index >= 15 is 0 Å².